The lowest BCUT2D eigenvalue weighted by molar-refractivity contribution is -0.127. The zero-order valence-corrected chi connectivity index (χ0v) is 21.0. The summed E-state index contributed by atoms with van der Waals surface area (Å²) in [5.41, 5.74) is 8.62. The second-order valence-corrected chi connectivity index (χ2v) is 9.39. The first-order valence-corrected chi connectivity index (χ1v) is 12.1. The van der Waals surface area contributed by atoms with Gasteiger partial charge in [-0.3, -0.25) is 10.2 Å². The molecule has 2 heterocycles. The molecule has 8 nitrogen and oxygen atoms in total. The minimum Gasteiger partial charge on any atom is -0.457 e. The van der Waals surface area contributed by atoms with E-state index in [1.165, 1.54) is 6.33 Å². The summed E-state index contributed by atoms with van der Waals surface area (Å²) in [5, 5.41) is 12.2. The van der Waals surface area contributed by atoms with Gasteiger partial charge in [-0.2, -0.15) is 0 Å². The highest BCUT2D eigenvalue weighted by Crippen LogP contribution is 2.27. The maximum Gasteiger partial charge on any atom is 0.260 e. The van der Waals surface area contributed by atoms with Crippen molar-refractivity contribution in [2.75, 3.05) is 24.1 Å². The van der Waals surface area contributed by atoms with Crippen molar-refractivity contribution < 1.29 is 9.53 Å². The van der Waals surface area contributed by atoms with Crippen LogP contribution in [-0.2, 0) is 4.79 Å². The molecule has 0 saturated carbocycles. The Morgan fingerprint density at radius 2 is 1.83 bits per heavy atom. The van der Waals surface area contributed by atoms with Gasteiger partial charge in [-0.15, -0.1) is 0 Å². The molecule has 180 valence electrons. The molecule has 1 aliphatic heterocycles. The Morgan fingerprint density at radius 3 is 2.49 bits per heavy atom. The van der Waals surface area contributed by atoms with E-state index in [0.29, 0.717) is 40.3 Å². The summed E-state index contributed by atoms with van der Waals surface area (Å²) in [6.45, 7) is 6.89. The van der Waals surface area contributed by atoms with Crippen LogP contribution in [0.2, 0.25) is 0 Å². The number of benzene rings is 2. The Balaban J connectivity index is 1.51. The molecule has 0 radical (unpaired) electrons. The number of nitrogens with zero attached hydrogens (tertiary/aromatic N) is 3. The maximum atomic E-state index is 12.3. The number of nitrogens with two attached hydrogens (primary N) is 1. The number of hydrogen-bond acceptors (Lipinski definition) is 7. The quantitative estimate of drug-likeness (QED) is 0.293. The van der Waals surface area contributed by atoms with E-state index in [1.807, 2.05) is 55.5 Å². The molecular weight excluding hydrogens is 508 g/mol. The molecule has 2 aromatic carbocycles. The van der Waals surface area contributed by atoms with Crippen molar-refractivity contribution in [2.45, 2.75) is 25.8 Å². The van der Waals surface area contributed by atoms with Gasteiger partial charge >= 0.3 is 0 Å². The molecule has 1 unspecified atom stereocenters. The number of nitrogens with one attached hydrogen (secondary N) is 2. The van der Waals surface area contributed by atoms with Crippen LogP contribution in [0.15, 0.2) is 65.9 Å². The Labute approximate surface area is 212 Å². The Morgan fingerprint density at radius 1 is 1.17 bits per heavy atom. The zero-order chi connectivity index (χ0) is 24.9. The second-order valence-electron chi connectivity index (χ2n) is 8.44. The van der Waals surface area contributed by atoms with Gasteiger partial charge < -0.3 is 20.7 Å². The minimum atomic E-state index is -0.125. The van der Waals surface area contributed by atoms with Gasteiger partial charge in [0, 0.05) is 24.7 Å². The summed E-state index contributed by atoms with van der Waals surface area (Å²) < 4.78 is 6.23. The highest BCUT2D eigenvalue weighted by atomic mass is 79.9. The van der Waals surface area contributed by atoms with E-state index < -0.39 is 0 Å². The number of likely N-dealkylation sites (tertiary alicyclic amines) is 1. The van der Waals surface area contributed by atoms with E-state index in [4.69, 9.17) is 15.9 Å². The molecule has 1 amide bonds. The largest absolute Gasteiger partial charge is 0.457 e. The van der Waals surface area contributed by atoms with Crippen molar-refractivity contribution in [1.29, 1.82) is 5.41 Å². The molecular formula is C26H27BrN6O2. The molecule has 35 heavy (non-hydrogen) atoms. The SMILES string of the molecule is C=C(Br)C(=O)N1CCCC(Nc2ncnc(N)c2C(=N)c2ccc(Oc3ccc(C)cc3)cc2)C1. The monoisotopic (exact) mass is 534 g/mol. The fraction of sp³-hybridized carbons (Fsp3) is 0.231. The molecule has 0 aliphatic carbocycles. The molecule has 4 N–H and O–H groups in total. The van der Waals surface area contributed by atoms with Crippen molar-refractivity contribution in [1.82, 2.24) is 14.9 Å². The molecule has 1 atom stereocenters. The summed E-state index contributed by atoms with van der Waals surface area (Å²) in [4.78, 5) is 22.6. The molecule has 1 aliphatic rings. The first-order chi connectivity index (χ1) is 16.8. The van der Waals surface area contributed by atoms with Crippen LogP contribution in [-0.4, -0.2) is 45.6 Å². The van der Waals surface area contributed by atoms with Gasteiger partial charge in [0.2, 0.25) is 0 Å². The Kier molecular flexibility index (Phi) is 7.45. The van der Waals surface area contributed by atoms with Crippen LogP contribution in [0.3, 0.4) is 0 Å². The fourth-order valence-corrected chi connectivity index (χ4v) is 4.23. The number of piperidine rings is 1. The molecule has 1 fully saturated rings. The first-order valence-electron chi connectivity index (χ1n) is 11.3. The molecule has 9 heteroatoms. The van der Waals surface area contributed by atoms with E-state index in [0.717, 1.165) is 24.2 Å². The summed E-state index contributed by atoms with van der Waals surface area (Å²) in [7, 11) is 0. The number of anilines is 2. The third-order valence-corrected chi connectivity index (χ3v) is 6.15. The lowest BCUT2D eigenvalue weighted by atomic mass is 10.0. The van der Waals surface area contributed by atoms with Gasteiger partial charge in [0.05, 0.1) is 15.8 Å². The van der Waals surface area contributed by atoms with Crippen LogP contribution < -0.4 is 15.8 Å². The Bertz CT molecular complexity index is 1240. The van der Waals surface area contributed by atoms with E-state index in [2.05, 4.69) is 37.8 Å². The van der Waals surface area contributed by atoms with Crippen LogP contribution in [0.5, 0.6) is 11.5 Å². The zero-order valence-electron chi connectivity index (χ0n) is 19.4. The van der Waals surface area contributed by atoms with E-state index >= 15 is 0 Å². The summed E-state index contributed by atoms with van der Waals surface area (Å²) in [6.07, 6.45) is 3.08. The highest BCUT2D eigenvalue weighted by molar-refractivity contribution is 9.12. The average molecular weight is 535 g/mol. The van der Waals surface area contributed by atoms with Crippen molar-refractivity contribution in [3.63, 3.8) is 0 Å². The van der Waals surface area contributed by atoms with Crippen LogP contribution in [0.1, 0.15) is 29.5 Å². The molecule has 1 aromatic heterocycles. The topological polar surface area (TPSA) is 117 Å². The molecule has 1 saturated heterocycles. The van der Waals surface area contributed by atoms with Gasteiger partial charge in [-0.1, -0.05) is 24.3 Å². The Hall–Kier alpha value is -3.72. The lowest BCUT2D eigenvalue weighted by Gasteiger charge is -2.33. The normalized spacial score (nSPS) is 15.4. The molecule has 4 rings (SSSR count). The third kappa shape index (κ3) is 5.86. The average Bonchev–Trinajstić information content (AvgIpc) is 2.85. The van der Waals surface area contributed by atoms with Gasteiger partial charge in [0.1, 0.15) is 29.5 Å². The number of carbonyl (C=O) groups is 1. The summed E-state index contributed by atoms with van der Waals surface area (Å²) >= 11 is 3.17. The fourth-order valence-electron chi connectivity index (χ4n) is 3.98. The van der Waals surface area contributed by atoms with Crippen LogP contribution >= 0.6 is 15.9 Å². The number of nitrogen functional groups attached to an aromatic ring is 1. The molecule has 0 spiro atoms. The number of rotatable bonds is 7. The number of hydrogen-bond donors (Lipinski definition) is 3. The van der Waals surface area contributed by atoms with E-state index in [1.54, 1.807) is 4.90 Å². The van der Waals surface area contributed by atoms with Gasteiger partial charge in [0.25, 0.3) is 5.91 Å². The van der Waals surface area contributed by atoms with Crippen LogP contribution in [0.4, 0.5) is 11.6 Å². The molecule has 0 bridgehead atoms. The maximum absolute atomic E-state index is 12.3. The summed E-state index contributed by atoms with van der Waals surface area (Å²) in [6, 6.07) is 15.0. The van der Waals surface area contributed by atoms with Gasteiger partial charge in [-0.05, 0) is 72.1 Å². The van der Waals surface area contributed by atoms with E-state index in [9.17, 15) is 4.79 Å². The number of aryl methyl sites for hydroxylation is 1. The predicted octanol–water partition coefficient (Wildman–Crippen LogP) is 4.89. The third-order valence-electron chi connectivity index (χ3n) is 5.81. The highest BCUT2D eigenvalue weighted by Gasteiger charge is 2.26. The second kappa shape index (κ2) is 10.7. The smallest absolute Gasteiger partial charge is 0.260 e. The predicted molar refractivity (Wildman–Crippen MR) is 141 cm³/mol. The minimum absolute atomic E-state index is 0.0364. The van der Waals surface area contributed by atoms with Crippen LogP contribution in [0, 0.1) is 12.3 Å². The number of halogens is 1. The van der Waals surface area contributed by atoms with Gasteiger partial charge in [0.15, 0.2) is 0 Å². The van der Waals surface area contributed by atoms with Gasteiger partial charge in [-0.25, -0.2) is 9.97 Å². The standard InChI is InChI=1S/C26H27BrN6O2/c1-16-5-9-20(10-6-16)35-21-11-7-18(8-12-21)23(28)22-24(29)30-15-31-25(22)32-19-4-3-13-33(14-19)26(34)17(2)27/h5-12,15,19,28H,2-4,13-14H2,1H3,(H3,29,30,31,32). The number of ether oxygens (including phenoxy) is 1. The van der Waals surface area contributed by atoms with Crippen molar-refractivity contribution in [3.8, 4) is 11.5 Å². The summed E-state index contributed by atoms with van der Waals surface area (Å²) in [5.74, 6) is 1.97. The number of amides is 1. The lowest BCUT2D eigenvalue weighted by Crippen LogP contribution is -2.45. The van der Waals surface area contributed by atoms with Crippen molar-refractivity contribution in [2.24, 2.45) is 0 Å². The van der Waals surface area contributed by atoms with Crippen molar-refractivity contribution >= 4 is 39.2 Å². The number of aromatic nitrogens is 2. The van der Waals surface area contributed by atoms with Crippen molar-refractivity contribution in [3.05, 3.63) is 82.6 Å². The number of carbonyl (C=O) groups excluding carboxylic acids is 1. The van der Waals surface area contributed by atoms with E-state index in [-0.39, 0.29) is 23.5 Å². The molecule has 3 aromatic rings. The first kappa shape index (κ1) is 24.4. The van der Waals surface area contributed by atoms with Crippen LogP contribution in [0.25, 0.3) is 0 Å².